The summed E-state index contributed by atoms with van der Waals surface area (Å²) < 4.78 is 7.18. The minimum atomic E-state index is 0. The summed E-state index contributed by atoms with van der Waals surface area (Å²) in [5.74, 6) is 2.60. The fourth-order valence-electron chi connectivity index (χ4n) is 2.95. The van der Waals surface area contributed by atoms with Crippen molar-refractivity contribution in [2.75, 3.05) is 14.1 Å². The second-order valence-corrected chi connectivity index (χ2v) is 6.47. The highest BCUT2D eigenvalue weighted by Gasteiger charge is 2.11. The highest BCUT2D eigenvalue weighted by molar-refractivity contribution is 14.0. The first-order valence-corrected chi connectivity index (χ1v) is 9.19. The Labute approximate surface area is 191 Å². The van der Waals surface area contributed by atoms with Gasteiger partial charge in [-0.2, -0.15) is 5.10 Å². The zero-order valence-electron chi connectivity index (χ0n) is 16.7. The van der Waals surface area contributed by atoms with E-state index in [4.69, 9.17) is 4.42 Å². The zero-order valence-corrected chi connectivity index (χ0v) is 19.0. The third kappa shape index (κ3) is 5.06. The number of furan rings is 1. The standard InChI is InChI=1S/C20H22N8O.HI/c1-21-20(22-12-18-24-19(26-25-18)17-9-6-10-29-17)27(2)13-15-11-23-28(14-15)16-7-4-3-5-8-16;/h3-11,14H,12-13H2,1-2H3,(H,21,22)(H,24,25,26);1H. The largest absolute Gasteiger partial charge is 0.461 e. The fraction of sp³-hybridized carbons (Fsp3) is 0.200. The second-order valence-electron chi connectivity index (χ2n) is 6.47. The number of nitrogens with zero attached hydrogens (tertiary/aromatic N) is 6. The van der Waals surface area contributed by atoms with Crippen LogP contribution in [0.4, 0.5) is 0 Å². The van der Waals surface area contributed by atoms with E-state index in [-0.39, 0.29) is 24.0 Å². The van der Waals surface area contributed by atoms with E-state index in [0.717, 1.165) is 17.2 Å². The third-order valence-corrected chi connectivity index (χ3v) is 4.34. The summed E-state index contributed by atoms with van der Waals surface area (Å²) in [6.07, 6.45) is 5.48. The normalized spacial score (nSPS) is 11.2. The van der Waals surface area contributed by atoms with Crippen molar-refractivity contribution >= 4 is 29.9 Å². The lowest BCUT2D eigenvalue weighted by Crippen LogP contribution is -2.38. The minimum Gasteiger partial charge on any atom is -0.461 e. The quantitative estimate of drug-likeness (QED) is 0.231. The molecule has 0 amide bonds. The van der Waals surface area contributed by atoms with Gasteiger partial charge in [-0.05, 0) is 24.3 Å². The van der Waals surface area contributed by atoms with Gasteiger partial charge in [-0.3, -0.25) is 10.1 Å². The molecular weight excluding hydrogens is 495 g/mol. The number of guanidine groups is 1. The van der Waals surface area contributed by atoms with Crippen molar-refractivity contribution in [1.82, 2.24) is 35.2 Å². The van der Waals surface area contributed by atoms with Crippen LogP contribution >= 0.6 is 24.0 Å². The summed E-state index contributed by atoms with van der Waals surface area (Å²) in [7, 11) is 3.73. The second kappa shape index (κ2) is 10.1. The predicted molar refractivity (Wildman–Crippen MR) is 125 cm³/mol. The third-order valence-electron chi connectivity index (χ3n) is 4.34. The Bertz CT molecular complexity index is 1070. The molecule has 9 nitrogen and oxygen atoms in total. The first kappa shape index (κ1) is 21.6. The molecule has 3 heterocycles. The molecule has 0 aliphatic carbocycles. The van der Waals surface area contributed by atoms with Crippen molar-refractivity contribution in [2.45, 2.75) is 13.1 Å². The first-order chi connectivity index (χ1) is 14.2. The Morgan fingerprint density at radius 2 is 2.07 bits per heavy atom. The molecule has 4 rings (SSSR count). The molecule has 0 atom stereocenters. The van der Waals surface area contributed by atoms with E-state index in [2.05, 4.69) is 30.6 Å². The molecule has 0 spiro atoms. The number of aliphatic imine (C=N–C) groups is 1. The van der Waals surface area contributed by atoms with Crippen LogP contribution in [0.5, 0.6) is 0 Å². The van der Waals surface area contributed by atoms with Crippen molar-refractivity contribution in [3.8, 4) is 17.3 Å². The predicted octanol–water partition coefficient (Wildman–Crippen LogP) is 3.08. The van der Waals surface area contributed by atoms with Gasteiger partial charge < -0.3 is 14.6 Å². The van der Waals surface area contributed by atoms with E-state index in [1.165, 1.54) is 0 Å². The number of hydrogen-bond donors (Lipinski definition) is 2. The van der Waals surface area contributed by atoms with Crippen LogP contribution in [0.3, 0.4) is 0 Å². The Kier molecular flexibility index (Phi) is 7.22. The van der Waals surface area contributed by atoms with Crippen molar-refractivity contribution in [3.05, 3.63) is 72.5 Å². The molecule has 156 valence electrons. The smallest absolute Gasteiger partial charge is 0.216 e. The maximum atomic E-state index is 5.31. The Balaban J connectivity index is 0.00000256. The highest BCUT2D eigenvalue weighted by Crippen LogP contribution is 2.14. The number of rotatable bonds is 6. The van der Waals surface area contributed by atoms with Crippen molar-refractivity contribution in [2.24, 2.45) is 4.99 Å². The Hall–Kier alpha value is -3.15. The zero-order chi connectivity index (χ0) is 20.1. The highest BCUT2D eigenvalue weighted by atomic mass is 127. The van der Waals surface area contributed by atoms with Crippen LogP contribution in [0.15, 0.2) is 70.5 Å². The maximum absolute atomic E-state index is 5.31. The summed E-state index contributed by atoms with van der Waals surface area (Å²) in [6, 6.07) is 13.7. The first-order valence-electron chi connectivity index (χ1n) is 9.19. The van der Waals surface area contributed by atoms with Crippen LogP contribution in [-0.4, -0.2) is 49.9 Å². The molecule has 10 heteroatoms. The fourth-order valence-corrected chi connectivity index (χ4v) is 2.95. The average Bonchev–Trinajstić information content (AvgIpc) is 3.50. The Morgan fingerprint density at radius 3 is 2.80 bits per heavy atom. The maximum Gasteiger partial charge on any atom is 0.216 e. The molecule has 0 aliphatic heterocycles. The molecule has 0 bridgehead atoms. The summed E-state index contributed by atoms with van der Waals surface area (Å²) in [4.78, 5) is 10.8. The van der Waals surface area contributed by atoms with Crippen molar-refractivity contribution in [3.63, 3.8) is 0 Å². The van der Waals surface area contributed by atoms with Gasteiger partial charge in [-0.1, -0.05) is 18.2 Å². The number of para-hydroxylation sites is 1. The van der Waals surface area contributed by atoms with Gasteiger partial charge in [0.25, 0.3) is 0 Å². The van der Waals surface area contributed by atoms with Gasteiger partial charge in [-0.25, -0.2) is 9.67 Å². The van der Waals surface area contributed by atoms with Gasteiger partial charge in [0.2, 0.25) is 5.82 Å². The average molecular weight is 518 g/mol. The summed E-state index contributed by atoms with van der Waals surface area (Å²) in [5, 5.41) is 14.8. The molecule has 0 fully saturated rings. The van der Waals surface area contributed by atoms with Crippen LogP contribution in [0, 0.1) is 0 Å². The molecule has 2 N–H and O–H groups in total. The molecule has 30 heavy (non-hydrogen) atoms. The summed E-state index contributed by atoms with van der Waals surface area (Å²) in [5.41, 5.74) is 2.11. The number of nitrogens with one attached hydrogen (secondary N) is 2. The number of benzene rings is 1. The number of aromatic amines is 1. The van der Waals surface area contributed by atoms with Gasteiger partial charge in [0.1, 0.15) is 5.82 Å². The van der Waals surface area contributed by atoms with Gasteiger partial charge in [0, 0.05) is 32.4 Å². The molecule has 0 unspecified atom stereocenters. The van der Waals surface area contributed by atoms with E-state index >= 15 is 0 Å². The van der Waals surface area contributed by atoms with E-state index in [1.807, 2.05) is 65.4 Å². The number of H-pyrrole nitrogens is 1. The molecule has 0 aliphatic rings. The van der Waals surface area contributed by atoms with Crippen molar-refractivity contribution in [1.29, 1.82) is 0 Å². The van der Waals surface area contributed by atoms with Crippen LogP contribution in [-0.2, 0) is 13.1 Å². The number of aromatic nitrogens is 5. The van der Waals surface area contributed by atoms with Crippen LogP contribution in [0.1, 0.15) is 11.4 Å². The topological polar surface area (TPSA) is 100 Å². The minimum absolute atomic E-state index is 0. The van der Waals surface area contributed by atoms with Crippen molar-refractivity contribution < 1.29 is 4.42 Å². The lowest BCUT2D eigenvalue weighted by molar-refractivity contribution is 0.475. The molecule has 0 saturated heterocycles. The van der Waals surface area contributed by atoms with Gasteiger partial charge in [0.15, 0.2) is 11.7 Å². The molecule has 0 radical (unpaired) electrons. The monoisotopic (exact) mass is 518 g/mol. The van der Waals surface area contributed by atoms with Gasteiger partial charge in [-0.15, -0.1) is 29.1 Å². The van der Waals surface area contributed by atoms with Crippen LogP contribution < -0.4 is 5.32 Å². The van der Waals surface area contributed by atoms with Crippen LogP contribution in [0.2, 0.25) is 0 Å². The van der Waals surface area contributed by atoms with Gasteiger partial charge >= 0.3 is 0 Å². The molecule has 3 aromatic heterocycles. The Morgan fingerprint density at radius 1 is 1.23 bits per heavy atom. The van der Waals surface area contributed by atoms with Gasteiger partial charge in [0.05, 0.1) is 24.7 Å². The SMILES string of the molecule is CN=C(NCc1nc(-c2ccco2)n[nH]1)N(C)Cc1cnn(-c2ccccc2)c1.I. The molecular formula is C20H23IN8O. The lowest BCUT2D eigenvalue weighted by Gasteiger charge is -2.20. The summed E-state index contributed by atoms with van der Waals surface area (Å²) >= 11 is 0. The molecule has 0 saturated carbocycles. The van der Waals surface area contributed by atoms with E-state index in [9.17, 15) is 0 Å². The molecule has 4 aromatic rings. The number of halogens is 1. The number of hydrogen-bond acceptors (Lipinski definition) is 5. The van der Waals surface area contributed by atoms with Crippen LogP contribution in [0.25, 0.3) is 17.3 Å². The van der Waals surface area contributed by atoms with E-state index in [1.54, 1.807) is 19.4 Å². The lowest BCUT2D eigenvalue weighted by atomic mass is 10.3. The molecule has 1 aromatic carbocycles. The summed E-state index contributed by atoms with van der Waals surface area (Å²) in [6.45, 7) is 1.13. The van der Waals surface area contributed by atoms with E-state index in [0.29, 0.717) is 30.5 Å². The van der Waals surface area contributed by atoms with E-state index < -0.39 is 0 Å².